The number of nitrogens with zero attached hydrogens (tertiary/aromatic N) is 4. The molecule has 3 aliphatic rings. The molecular weight excluding hydrogens is 454 g/mol. The van der Waals surface area contributed by atoms with Gasteiger partial charge >= 0.3 is 6.03 Å². The van der Waals surface area contributed by atoms with Crippen LogP contribution in [0.5, 0.6) is 5.75 Å². The molecule has 0 unspecified atom stereocenters. The standard InChI is InChI=1S/C28H37N5O3/c1-31(2)28(22-10-4-3-5-11-22)15-13-27(14-16-28)20-32(26(36)33(27)18-21-8-6-9-21)19-24(35)30-25-23(34)12-7-17-29-25/h3-5,7,10-12,17,21,34H,6,8-9,13-16,18-20H2,1-2H3,(H,29,30,35)/t27-,28-. The third-order valence-corrected chi connectivity index (χ3v) is 8.78. The maximum Gasteiger partial charge on any atom is 0.321 e. The summed E-state index contributed by atoms with van der Waals surface area (Å²) < 4.78 is 0. The van der Waals surface area contributed by atoms with Crippen molar-refractivity contribution in [2.75, 3.05) is 39.0 Å². The molecule has 0 atom stereocenters. The Morgan fingerprint density at radius 2 is 1.83 bits per heavy atom. The number of aromatic nitrogens is 1. The molecule has 1 aliphatic heterocycles. The zero-order valence-corrected chi connectivity index (χ0v) is 21.3. The third kappa shape index (κ3) is 4.43. The summed E-state index contributed by atoms with van der Waals surface area (Å²) in [6.07, 6.45) is 8.81. The molecule has 2 heterocycles. The van der Waals surface area contributed by atoms with Crippen molar-refractivity contribution in [2.45, 2.75) is 56.0 Å². The van der Waals surface area contributed by atoms with Gasteiger partial charge in [-0.1, -0.05) is 36.8 Å². The number of urea groups is 1. The molecule has 2 N–H and O–H groups in total. The van der Waals surface area contributed by atoms with Gasteiger partial charge in [-0.25, -0.2) is 9.78 Å². The van der Waals surface area contributed by atoms with Gasteiger partial charge in [0.1, 0.15) is 6.54 Å². The van der Waals surface area contributed by atoms with E-state index in [1.807, 2.05) is 0 Å². The molecule has 1 spiro atoms. The van der Waals surface area contributed by atoms with Crippen molar-refractivity contribution in [3.05, 3.63) is 54.2 Å². The maximum absolute atomic E-state index is 13.7. The summed E-state index contributed by atoms with van der Waals surface area (Å²) in [6.45, 7) is 1.28. The molecule has 2 aliphatic carbocycles. The van der Waals surface area contributed by atoms with E-state index in [-0.39, 0.29) is 41.1 Å². The Labute approximate surface area is 213 Å². The first kappa shape index (κ1) is 24.6. The van der Waals surface area contributed by atoms with Crippen LogP contribution in [0.25, 0.3) is 0 Å². The van der Waals surface area contributed by atoms with E-state index in [0.29, 0.717) is 12.5 Å². The Morgan fingerprint density at radius 3 is 2.44 bits per heavy atom. The summed E-state index contributed by atoms with van der Waals surface area (Å²) in [5.41, 5.74) is 1.01. The van der Waals surface area contributed by atoms with E-state index < -0.39 is 0 Å². The molecule has 1 aromatic heterocycles. The van der Waals surface area contributed by atoms with Gasteiger partial charge in [0.05, 0.1) is 5.54 Å². The number of rotatable bonds is 7. The monoisotopic (exact) mass is 491 g/mol. The van der Waals surface area contributed by atoms with E-state index in [1.54, 1.807) is 11.0 Å². The molecule has 5 rings (SSSR count). The van der Waals surface area contributed by atoms with Crippen LogP contribution in [-0.4, -0.2) is 76.0 Å². The van der Waals surface area contributed by atoms with E-state index >= 15 is 0 Å². The highest BCUT2D eigenvalue weighted by Gasteiger charge is 2.55. The van der Waals surface area contributed by atoms with Gasteiger partial charge in [-0.05, 0) is 76.2 Å². The molecule has 3 amide bonds. The van der Waals surface area contributed by atoms with E-state index in [9.17, 15) is 14.7 Å². The number of benzene rings is 1. The highest BCUT2D eigenvalue weighted by molar-refractivity contribution is 5.95. The molecule has 1 saturated heterocycles. The SMILES string of the molecule is CN(C)[C@]1(c2ccccc2)CC[C@@]2(CC1)CN(CC(=O)Nc1ncccc1O)C(=O)N2CC1CCC1. The van der Waals surface area contributed by atoms with Gasteiger partial charge in [0.15, 0.2) is 11.6 Å². The first-order chi connectivity index (χ1) is 17.3. The van der Waals surface area contributed by atoms with Crippen molar-refractivity contribution >= 4 is 17.8 Å². The predicted octanol–water partition coefficient (Wildman–Crippen LogP) is 4.03. The molecular formula is C28H37N5O3. The lowest BCUT2D eigenvalue weighted by molar-refractivity contribution is -0.116. The molecule has 0 bridgehead atoms. The number of amides is 3. The highest BCUT2D eigenvalue weighted by Crippen LogP contribution is 2.49. The normalized spacial score (nSPS) is 26.5. The van der Waals surface area contributed by atoms with Crippen LogP contribution in [0, 0.1) is 5.92 Å². The first-order valence-electron chi connectivity index (χ1n) is 13.1. The molecule has 3 fully saturated rings. The number of anilines is 1. The van der Waals surface area contributed by atoms with Crippen LogP contribution in [0.4, 0.5) is 10.6 Å². The van der Waals surface area contributed by atoms with Gasteiger partial charge in [-0.3, -0.25) is 9.69 Å². The van der Waals surface area contributed by atoms with Gasteiger partial charge in [-0.2, -0.15) is 0 Å². The van der Waals surface area contributed by atoms with E-state index in [0.717, 1.165) is 32.2 Å². The Morgan fingerprint density at radius 1 is 1.11 bits per heavy atom. The minimum Gasteiger partial charge on any atom is -0.504 e. The number of aromatic hydroxyl groups is 1. The summed E-state index contributed by atoms with van der Waals surface area (Å²) >= 11 is 0. The zero-order valence-electron chi connectivity index (χ0n) is 21.3. The fraction of sp³-hybridized carbons (Fsp3) is 0.536. The molecule has 2 saturated carbocycles. The van der Waals surface area contributed by atoms with Crippen molar-refractivity contribution in [2.24, 2.45) is 5.92 Å². The average molecular weight is 492 g/mol. The summed E-state index contributed by atoms with van der Waals surface area (Å²) in [6, 6.07) is 13.7. The molecule has 2 aromatic rings. The lowest BCUT2D eigenvalue weighted by Gasteiger charge is -2.51. The fourth-order valence-corrected chi connectivity index (χ4v) is 6.35. The number of hydrogen-bond donors (Lipinski definition) is 2. The number of carbonyl (C=O) groups is 2. The summed E-state index contributed by atoms with van der Waals surface area (Å²) in [4.78, 5) is 36.7. The predicted molar refractivity (Wildman–Crippen MR) is 139 cm³/mol. The van der Waals surface area contributed by atoms with Crippen molar-refractivity contribution in [3.63, 3.8) is 0 Å². The van der Waals surface area contributed by atoms with Crippen LogP contribution in [0.1, 0.15) is 50.5 Å². The number of pyridine rings is 1. The second-order valence-electron chi connectivity index (χ2n) is 11.0. The van der Waals surface area contributed by atoms with Gasteiger partial charge in [0.2, 0.25) is 5.91 Å². The van der Waals surface area contributed by atoms with E-state index in [1.165, 1.54) is 37.1 Å². The van der Waals surface area contributed by atoms with Gasteiger partial charge in [0.25, 0.3) is 0 Å². The first-order valence-corrected chi connectivity index (χ1v) is 13.1. The van der Waals surface area contributed by atoms with Crippen molar-refractivity contribution < 1.29 is 14.7 Å². The van der Waals surface area contributed by atoms with Crippen LogP contribution in [0.2, 0.25) is 0 Å². The smallest absolute Gasteiger partial charge is 0.321 e. The minimum atomic E-state index is -0.347. The van der Waals surface area contributed by atoms with Crippen LogP contribution in [0.15, 0.2) is 48.7 Å². The van der Waals surface area contributed by atoms with Crippen molar-refractivity contribution in [3.8, 4) is 5.75 Å². The molecule has 192 valence electrons. The molecule has 36 heavy (non-hydrogen) atoms. The lowest BCUT2D eigenvalue weighted by Crippen LogP contribution is -2.56. The summed E-state index contributed by atoms with van der Waals surface area (Å²) in [5.74, 6) is 0.238. The van der Waals surface area contributed by atoms with Crippen molar-refractivity contribution in [1.29, 1.82) is 0 Å². The van der Waals surface area contributed by atoms with Gasteiger partial charge in [0, 0.05) is 24.8 Å². The Hall–Kier alpha value is -3.13. The van der Waals surface area contributed by atoms with Gasteiger partial charge in [-0.15, -0.1) is 0 Å². The number of carbonyl (C=O) groups excluding carboxylic acids is 2. The average Bonchev–Trinajstić information content (AvgIpc) is 3.08. The second kappa shape index (κ2) is 9.73. The topological polar surface area (TPSA) is 89.0 Å². The van der Waals surface area contributed by atoms with Crippen LogP contribution in [-0.2, 0) is 10.3 Å². The highest BCUT2D eigenvalue weighted by atomic mass is 16.3. The Kier molecular flexibility index (Phi) is 6.64. The minimum absolute atomic E-state index is 0.0423. The molecule has 8 heteroatoms. The number of nitrogens with one attached hydrogen (secondary N) is 1. The third-order valence-electron chi connectivity index (χ3n) is 8.78. The van der Waals surface area contributed by atoms with Gasteiger partial charge < -0.3 is 20.2 Å². The number of hydrogen-bond acceptors (Lipinski definition) is 5. The Balaban J connectivity index is 1.35. The molecule has 0 radical (unpaired) electrons. The zero-order chi connectivity index (χ0) is 25.3. The Bertz CT molecular complexity index is 1090. The van der Waals surface area contributed by atoms with E-state index in [4.69, 9.17) is 0 Å². The van der Waals surface area contributed by atoms with Crippen LogP contribution < -0.4 is 5.32 Å². The largest absolute Gasteiger partial charge is 0.504 e. The quantitative estimate of drug-likeness (QED) is 0.610. The summed E-state index contributed by atoms with van der Waals surface area (Å²) in [7, 11) is 4.31. The molecule has 8 nitrogen and oxygen atoms in total. The van der Waals surface area contributed by atoms with Crippen LogP contribution in [0.3, 0.4) is 0 Å². The maximum atomic E-state index is 13.7. The van der Waals surface area contributed by atoms with Crippen molar-refractivity contribution in [1.82, 2.24) is 19.7 Å². The summed E-state index contributed by atoms with van der Waals surface area (Å²) in [5, 5.41) is 12.6. The second-order valence-corrected chi connectivity index (χ2v) is 11.0. The van der Waals surface area contributed by atoms with Crippen LogP contribution >= 0.6 is 0 Å². The fourth-order valence-electron chi connectivity index (χ4n) is 6.35. The van der Waals surface area contributed by atoms with E-state index in [2.05, 4.69) is 64.5 Å². The molecule has 1 aromatic carbocycles. The lowest BCUT2D eigenvalue weighted by atomic mass is 9.68.